The van der Waals surface area contributed by atoms with Gasteiger partial charge < -0.3 is 10.1 Å². The van der Waals surface area contributed by atoms with Gasteiger partial charge in [-0.15, -0.1) is 0 Å². The third kappa shape index (κ3) is 4.32. The number of rotatable bonds is 7. The molecule has 126 valence electrons. The zero-order chi connectivity index (χ0) is 17.5. The van der Waals surface area contributed by atoms with E-state index in [0.717, 1.165) is 12.8 Å². The quantitative estimate of drug-likeness (QED) is 0.466. The lowest BCUT2D eigenvalue weighted by molar-refractivity contribution is -0.385. The molecule has 0 aliphatic rings. The van der Waals surface area contributed by atoms with Crippen LogP contribution in [0.2, 0.25) is 0 Å². The van der Waals surface area contributed by atoms with Crippen molar-refractivity contribution in [3.05, 3.63) is 63.7 Å². The molecule has 0 fully saturated rings. The number of nitrogens with one attached hydrogen (secondary N) is 1. The Kier molecular flexibility index (Phi) is 5.89. The van der Waals surface area contributed by atoms with Crippen LogP contribution in [-0.4, -0.2) is 17.4 Å². The van der Waals surface area contributed by atoms with Crippen molar-refractivity contribution in [2.75, 3.05) is 11.9 Å². The molecule has 6 heteroatoms. The SMILES string of the molecule is CCCCOc1ccc(C(=O)Nc2cccc([N+](=O)[O-])c2C)cc1. The molecule has 1 N–H and O–H groups in total. The highest BCUT2D eigenvalue weighted by atomic mass is 16.6. The first kappa shape index (κ1) is 17.5. The predicted octanol–water partition coefficient (Wildman–Crippen LogP) is 4.33. The fraction of sp³-hybridized carbons (Fsp3) is 0.278. The molecule has 24 heavy (non-hydrogen) atoms. The van der Waals surface area contributed by atoms with Gasteiger partial charge in [0.15, 0.2) is 0 Å². The molecule has 0 atom stereocenters. The van der Waals surface area contributed by atoms with Gasteiger partial charge in [0, 0.05) is 11.6 Å². The number of anilines is 1. The molecule has 6 nitrogen and oxygen atoms in total. The number of nitro benzene ring substituents is 1. The molecule has 0 aliphatic carbocycles. The van der Waals surface area contributed by atoms with Crippen LogP contribution in [0.5, 0.6) is 5.75 Å². The number of nitro groups is 1. The molecule has 0 spiro atoms. The summed E-state index contributed by atoms with van der Waals surface area (Å²) < 4.78 is 5.55. The minimum absolute atomic E-state index is 0.0209. The summed E-state index contributed by atoms with van der Waals surface area (Å²) in [5, 5.41) is 13.7. The summed E-state index contributed by atoms with van der Waals surface area (Å²) in [6, 6.07) is 11.4. The lowest BCUT2D eigenvalue weighted by Gasteiger charge is -2.09. The molecular weight excluding hydrogens is 308 g/mol. The van der Waals surface area contributed by atoms with Crippen molar-refractivity contribution in [1.82, 2.24) is 0 Å². The van der Waals surface area contributed by atoms with E-state index in [1.807, 2.05) is 0 Å². The Morgan fingerprint density at radius 2 is 1.92 bits per heavy atom. The summed E-state index contributed by atoms with van der Waals surface area (Å²) in [7, 11) is 0. The van der Waals surface area contributed by atoms with Gasteiger partial charge in [0.2, 0.25) is 0 Å². The summed E-state index contributed by atoms with van der Waals surface area (Å²) in [4.78, 5) is 22.8. The van der Waals surface area contributed by atoms with Gasteiger partial charge in [0.1, 0.15) is 5.75 Å². The summed E-state index contributed by atoms with van der Waals surface area (Å²) in [5.74, 6) is 0.394. The molecule has 0 saturated carbocycles. The lowest BCUT2D eigenvalue weighted by Crippen LogP contribution is -2.13. The summed E-state index contributed by atoms with van der Waals surface area (Å²) >= 11 is 0. The van der Waals surface area contributed by atoms with E-state index >= 15 is 0 Å². The standard InChI is InChI=1S/C18H20N2O4/c1-3-4-12-24-15-10-8-14(9-11-15)18(21)19-16-6-5-7-17(13(16)2)20(22)23/h5-11H,3-4,12H2,1-2H3,(H,19,21). The molecule has 2 aromatic carbocycles. The van der Waals surface area contributed by atoms with Crippen LogP contribution < -0.4 is 10.1 Å². The van der Waals surface area contributed by atoms with Gasteiger partial charge >= 0.3 is 0 Å². The van der Waals surface area contributed by atoms with Crippen molar-refractivity contribution in [3.8, 4) is 5.75 Å². The number of hydrogen-bond donors (Lipinski definition) is 1. The van der Waals surface area contributed by atoms with Crippen LogP contribution in [0, 0.1) is 17.0 Å². The molecule has 0 saturated heterocycles. The Morgan fingerprint density at radius 1 is 1.21 bits per heavy atom. The van der Waals surface area contributed by atoms with Gasteiger partial charge in [-0.1, -0.05) is 19.4 Å². The van der Waals surface area contributed by atoms with Crippen LogP contribution in [0.15, 0.2) is 42.5 Å². The maximum absolute atomic E-state index is 12.3. The van der Waals surface area contributed by atoms with Gasteiger partial charge in [-0.3, -0.25) is 14.9 Å². The molecule has 0 radical (unpaired) electrons. The monoisotopic (exact) mass is 328 g/mol. The minimum Gasteiger partial charge on any atom is -0.494 e. The van der Waals surface area contributed by atoms with Crippen molar-refractivity contribution in [2.24, 2.45) is 0 Å². The van der Waals surface area contributed by atoms with E-state index in [4.69, 9.17) is 4.74 Å². The Morgan fingerprint density at radius 3 is 2.54 bits per heavy atom. The maximum atomic E-state index is 12.3. The molecule has 0 aliphatic heterocycles. The molecule has 0 bridgehead atoms. The van der Waals surface area contributed by atoms with Crippen molar-refractivity contribution >= 4 is 17.3 Å². The Balaban J connectivity index is 2.07. The van der Waals surface area contributed by atoms with Crippen molar-refractivity contribution in [1.29, 1.82) is 0 Å². The zero-order valence-corrected chi connectivity index (χ0v) is 13.7. The molecule has 0 heterocycles. The normalized spacial score (nSPS) is 10.2. The summed E-state index contributed by atoms with van der Waals surface area (Å²) in [5.41, 5.74) is 1.30. The van der Waals surface area contributed by atoms with Crippen molar-refractivity contribution in [3.63, 3.8) is 0 Å². The van der Waals surface area contributed by atoms with Crippen LogP contribution in [0.1, 0.15) is 35.7 Å². The smallest absolute Gasteiger partial charge is 0.274 e. The molecule has 0 unspecified atom stereocenters. The fourth-order valence-corrected chi connectivity index (χ4v) is 2.19. The molecular formula is C18H20N2O4. The zero-order valence-electron chi connectivity index (χ0n) is 13.7. The van der Waals surface area contributed by atoms with Crippen LogP contribution in [0.3, 0.4) is 0 Å². The average Bonchev–Trinajstić information content (AvgIpc) is 2.57. The highest BCUT2D eigenvalue weighted by Crippen LogP contribution is 2.25. The first-order valence-corrected chi connectivity index (χ1v) is 7.81. The van der Waals surface area contributed by atoms with E-state index < -0.39 is 4.92 Å². The van der Waals surface area contributed by atoms with E-state index in [0.29, 0.717) is 29.2 Å². The number of benzene rings is 2. The van der Waals surface area contributed by atoms with Gasteiger partial charge in [-0.05, 0) is 43.7 Å². The minimum atomic E-state index is -0.465. The third-order valence-corrected chi connectivity index (χ3v) is 3.63. The van der Waals surface area contributed by atoms with Gasteiger partial charge in [-0.25, -0.2) is 0 Å². The maximum Gasteiger partial charge on any atom is 0.274 e. The predicted molar refractivity (Wildman–Crippen MR) is 92.6 cm³/mol. The third-order valence-electron chi connectivity index (χ3n) is 3.63. The van der Waals surface area contributed by atoms with E-state index in [2.05, 4.69) is 12.2 Å². The van der Waals surface area contributed by atoms with E-state index in [1.54, 1.807) is 43.3 Å². The topological polar surface area (TPSA) is 81.5 Å². The van der Waals surface area contributed by atoms with Crippen LogP contribution in [0.25, 0.3) is 0 Å². The second kappa shape index (κ2) is 8.10. The second-order valence-corrected chi connectivity index (χ2v) is 5.39. The van der Waals surface area contributed by atoms with Gasteiger partial charge in [0.05, 0.1) is 22.8 Å². The number of carbonyl (C=O) groups is 1. The number of hydrogen-bond acceptors (Lipinski definition) is 4. The molecule has 2 aromatic rings. The highest BCUT2D eigenvalue weighted by Gasteiger charge is 2.15. The van der Waals surface area contributed by atoms with Crippen molar-refractivity contribution < 1.29 is 14.5 Å². The van der Waals surface area contributed by atoms with E-state index in [1.165, 1.54) is 6.07 Å². The number of unbranched alkanes of at least 4 members (excludes halogenated alkanes) is 1. The lowest BCUT2D eigenvalue weighted by atomic mass is 10.1. The number of nitrogens with zero attached hydrogens (tertiary/aromatic N) is 1. The van der Waals surface area contributed by atoms with Crippen LogP contribution in [-0.2, 0) is 0 Å². The molecule has 2 rings (SSSR count). The summed E-state index contributed by atoms with van der Waals surface area (Å²) in [6.07, 6.45) is 2.04. The first-order chi connectivity index (χ1) is 11.5. The Labute approximate surface area is 140 Å². The Bertz CT molecular complexity index is 726. The fourth-order valence-electron chi connectivity index (χ4n) is 2.19. The second-order valence-electron chi connectivity index (χ2n) is 5.39. The summed E-state index contributed by atoms with van der Waals surface area (Å²) in [6.45, 7) is 4.35. The Hall–Kier alpha value is -2.89. The largest absolute Gasteiger partial charge is 0.494 e. The number of ether oxygens (including phenoxy) is 1. The number of amides is 1. The van der Waals surface area contributed by atoms with Crippen LogP contribution >= 0.6 is 0 Å². The van der Waals surface area contributed by atoms with E-state index in [9.17, 15) is 14.9 Å². The highest BCUT2D eigenvalue weighted by molar-refractivity contribution is 6.04. The van der Waals surface area contributed by atoms with E-state index in [-0.39, 0.29) is 11.6 Å². The average molecular weight is 328 g/mol. The van der Waals surface area contributed by atoms with Gasteiger partial charge in [-0.2, -0.15) is 0 Å². The number of carbonyl (C=O) groups excluding carboxylic acids is 1. The molecule has 0 aromatic heterocycles. The first-order valence-electron chi connectivity index (χ1n) is 7.81. The molecule has 1 amide bonds. The van der Waals surface area contributed by atoms with Crippen LogP contribution in [0.4, 0.5) is 11.4 Å². The van der Waals surface area contributed by atoms with Crippen molar-refractivity contribution in [2.45, 2.75) is 26.7 Å². The van der Waals surface area contributed by atoms with Gasteiger partial charge in [0.25, 0.3) is 11.6 Å².